The Balaban J connectivity index is 3.15. The first kappa shape index (κ1) is 13.2. The highest BCUT2D eigenvalue weighted by Crippen LogP contribution is 2.34. The van der Waals surface area contributed by atoms with Gasteiger partial charge in [-0.1, -0.05) is 0 Å². The van der Waals surface area contributed by atoms with E-state index in [9.17, 15) is 0 Å². The van der Waals surface area contributed by atoms with Crippen LogP contribution >= 0.6 is 11.8 Å². The fourth-order valence-electron chi connectivity index (χ4n) is 1.60. The lowest BCUT2D eigenvalue weighted by Gasteiger charge is -2.14. The van der Waals surface area contributed by atoms with Crippen molar-refractivity contribution < 1.29 is 9.47 Å². The van der Waals surface area contributed by atoms with Gasteiger partial charge in [0.05, 0.1) is 14.2 Å². The lowest BCUT2D eigenvalue weighted by molar-refractivity contribution is 0.353. The first-order chi connectivity index (χ1) is 7.62. The summed E-state index contributed by atoms with van der Waals surface area (Å²) in [5, 5.41) is 0. The normalized spacial score (nSPS) is 12.3. The summed E-state index contributed by atoms with van der Waals surface area (Å²) < 4.78 is 10.6. The molecule has 0 fully saturated rings. The Kier molecular flexibility index (Phi) is 4.96. The summed E-state index contributed by atoms with van der Waals surface area (Å²) in [6.07, 6.45) is 2.89. The number of hydrogen-bond acceptors (Lipinski definition) is 4. The van der Waals surface area contributed by atoms with E-state index in [1.165, 1.54) is 10.5 Å². The Morgan fingerprint density at radius 1 is 1.25 bits per heavy atom. The van der Waals surface area contributed by atoms with Crippen LogP contribution in [0, 0.1) is 0 Å². The van der Waals surface area contributed by atoms with Crippen LogP contribution in [0.4, 0.5) is 0 Å². The van der Waals surface area contributed by atoms with E-state index in [2.05, 4.69) is 0 Å². The van der Waals surface area contributed by atoms with Crippen LogP contribution in [0.1, 0.15) is 12.5 Å². The molecule has 1 atom stereocenters. The minimum atomic E-state index is 0.143. The highest BCUT2D eigenvalue weighted by Gasteiger charge is 2.11. The third-order valence-electron chi connectivity index (χ3n) is 2.33. The lowest BCUT2D eigenvalue weighted by atomic mass is 10.1. The predicted octanol–water partition coefficient (Wildman–Crippen LogP) is 2.32. The van der Waals surface area contributed by atoms with Crippen molar-refractivity contribution in [1.82, 2.24) is 0 Å². The van der Waals surface area contributed by atoms with Crippen LogP contribution in [0.3, 0.4) is 0 Å². The van der Waals surface area contributed by atoms with E-state index in [1.54, 1.807) is 26.0 Å². The van der Waals surface area contributed by atoms with Crippen molar-refractivity contribution in [2.75, 3.05) is 20.5 Å². The molecule has 1 aromatic carbocycles. The summed E-state index contributed by atoms with van der Waals surface area (Å²) in [5.74, 6) is 1.52. The fourth-order valence-corrected chi connectivity index (χ4v) is 2.23. The highest BCUT2D eigenvalue weighted by molar-refractivity contribution is 7.98. The summed E-state index contributed by atoms with van der Waals surface area (Å²) in [7, 11) is 3.29. The summed E-state index contributed by atoms with van der Waals surface area (Å²) in [6.45, 7) is 2.00. The first-order valence-electron chi connectivity index (χ1n) is 5.16. The Labute approximate surface area is 101 Å². The van der Waals surface area contributed by atoms with Crippen LogP contribution in [0.5, 0.6) is 11.5 Å². The lowest BCUT2D eigenvalue weighted by Crippen LogP contribution is -2.18. The molecule has 0 amide bonds. The van der Waals surface area contributed by atoms with E-state index in [0.29, 0.717) is 0 Å². The maximum atomic E-state index is 5.83. The molecule has 0 aliphatic heterocycles. The monoisotopic (exact) mass is 241 g/mol. The molecule has 1 unspecified atom stereocenters. The second-order valence-corrected chi connectivity index (χ2v) is 4.55. The molecule has 0 aromatic heterocycles. The fraction of sp³-hybridized carbons (Fsp3) is 0.500. The number of thioether (sulfide) groups is 1. The van der Waals surface area contributed by atoms with Crippen molar-refractivity contribution >= 4 is 11.8 Å². The van der Waals surface area contributed by atoms with Gasteiger partial charge in [0.2, 0.25) is 0 Å². The van der Waals surface area contributed by atoms with Gasteiger partial charge in [-0.2, -0.15) is 0 Å². The number of nitrogens with two attached hydrogens (primary N) is 1. The molecule has 2 N–H and O–H groups in total. The molecule has 3 nitrogen and oxygen atoms in total. The van der Waals surface area contributed by atoms with Gasteiger partial charge in [0.25, 0.3) is 0 Å². The summed E-state index contributed by atoms with van der Waals surface area (Å²) >= 11 is 1.70. The molecule has 0 radical (unpaired) electrons. The van der Waals surface area contributed by atoms with Gasteiger partial charge in [-0.05, 0) is 37.3 Å². The molecule has 16 heavy (non-hydrogen) atoms. The van der Waals surface area contributed by atoms with Crippen molar-refractivity contribution in [1.29, 1.82) is 0 Å². The number of benzene rings is 1. The van der Waals surface area contributed by atoms with Gasteiger partial charge in [-0.3, -0.25) is 0 Å². The van der Waals surface area contributed by atoms with Gasteiger partial charge in [-0.15, -0.1) is 11.8 Å². The van der Waals surface area contributed by atoms with Crippen molar-refractivity contribution in [3.8, 4) is 11.5 Å². The number of hydrogen-bond donors (Lipinski definition) is 1. The average molecular weight is 241 g/mol. The third-order valence-corrected chi connectivity index (χ3v) is 3.15. The highest BCUT2D eigenvalue weighted by atomic mass is 32.2. The molecule has 0 spiro atoms. The minimum absolute atomic E-state index is 0.143. The molecule has 0 saturated heterocycles. The Morgan fingerprint density at radius 3 is 2.25 bits per heavy atom. The van der Waals surface area contributed by atoms with Gasteiger partial charge in [0.15, 0.2) is 11.5 Å². The molecule has 0 aliphatic carbocycles. The summed E-state index contributed by atoms with van der Waals surface area (Å²) in [4.78, 5) is 1.19. The quantitative estimate of drug-likeness (QED) is 0.804. The third kappa shape index (κ3) is 3.06. The number of rotatable bonds is 5. The van der Waals surface area contributed by atoms with Gasteiger partial charge in [0.1, 0.15) is 0 Å². The van der Waals surface area contributed by atoms with E-state index in [-0.39, 0.29) is 6.04 Å². The van der Waals surface area contributed by atoms with Crippen LogP contribution in [0.2, 0.25) is 0 Å². The Bertz CT molecular complexity index is 353. The Morgan fingerprint density at radius 2 is 1.81 bits per heavy atom. The maximum absolute atomic E-state index is 5.83. The van der Waals surface area contributed by atoms with E-state index in [1.807, 2.05) is 25.3 Å². The van der Waals surface area contributed by atoms with Crippen molar-refractivity contribution in [3.63, 3.8) is 0 Å². The zero-order valence-electron chi connectivity index (χ0n) is 10.2. The summed E-state index contributed by atoms with van der Waals surface area (Å²) in [6, 6.07) is 4.15. The smallest absolute Gasteiger partial charge is 0.161 e. The molecule has 0 bridgehead atoms. The molecule has 0 saturated carbocycles. The average Bonchev–Trinajstić information content (AvgIpc) is 2.27. The summed E-state index contributed by atoms with van der Waals surface area (Å²) in [5.41, 5.74) is 7.04. The van der Waals surface area contributed by atoms with Crippen LogP contribution in [0.15, 0.2) is 17.0 Å². The standard InChI is InChI=1S/C12H19NO2S/c1-8(13)5-9-6-10(14-2)11(15-3)7-12(9)16-4/h6-8H,5,13H2,1-4H3. The Hall–Kier alpha value is -0.870. The molecular formula is C12H19NO2S. The molecular weight excluding hydrogens is 222 g/mol. The van der Waals surface area contributed by atoms with Crippen LogP contribution < -0.4 is 15.2 Å². The SMILES string of the molecule is COc1cc(CC(C)N)c(SC)cc1OC. The molecule has 1 aromatic rings. The topological polar surface area (TPSA) is 44.5 Å². The molecule has 90 valence electrons. The number of ether oxygens (including phenoxy) is 2. The van der Waals surface area contributed by atoms with E-state index >= 15 is 0 Å². The van der Waals surface area contributed by atoms with Crippen molar-refractivity contribution in [2.45, 2.75) is 24.3 Å². The van der Waals surface area contributed by atoms with Crippen molar-refractivity contribution in [2.24, 2.45) is 5.73 Å². The molecule has 0 aliphatic rings. The minimum Gasteiger partial charge on any atom is -0.493 e. The largest absolute Gasteiger partial charge is 0.493 e. The number of methoxy groups -OCH3 is 2. The molecule has 1 rings (SSSR count). The van der Waals surface area contributed by atoms with Crippen molar-refractivity contribution in [3.05, 3.63) is 17.7 Å². The van der Waals surface area contributed by atoms with Crippen LogP contribution in [-0.2, 0) is 6.42 Å². The first-order valence-corrected chi connectivity index (χ1v) is 6.39. The molecule has 0 heterocycles. The van der Waals surface area contributed by atoms with Crippen LogP contribution in [-0.4, -0.2) is 26.5 Å². The second kappa shape index (κ2) is 6.01. The van der Waals surface area contributed by atoms with E-state index in [4.69, 9.17) is 15.2 Å². The van der Waals surface area contributed by atoms with Crippen LogP contribution in [0.25, 0.3) is 0 Å². The van der Waals surface area contributed by atoms with E-state index in [0.717, 1.165) is 17.9 Å². The maximum Gasteiger partial charge on any atom is 0.161 e. The zero-order valence-corrected chi connectivity index (χ0v) is 11.1. The zero-order chi connectivity index (χ0) is 12.1. The van der Waals surface area contributed by atoms with Gasteiger partial charge in [-0.25, -0.2) is 0 Å². The predicted molar refractivity (Wildman–Crippen MR) is 68.7 cm³/mol. The van der Waals surface area contributed by atoms with Gasteiger partial charge in [0, 0.05) is 10.9 Å². The molecule has 4 heteroatoms. The van der Waals surface area contributed by atoms with Gasteiger partial charge >= 0.3 is 0 Å². The second-order valence-electron chi connectivity index (χ2n) is 3.70. The van der Waals surface area contributed by atoms with Gasteiger partial charge < -0.3 is 15.2 Å². The van der Waals surface area contributed by atoms with E-state index < -0.39 is 0 Å².